The summed E-state index contributed by atoms with van der Waals surface area (Å²) in [7, 11) is 0. The molecule has 4 saturated carbocycles. The number of rotatable bonds is 14. The molecule has 2 amide bonds. The van der Waals surface area contributed by atoms with Gasteiger partial charge in [-0.05, 0) is 94.4 Å². The predicted molar refractivity (Wildman–Crippen MR) is 153 cm³/mol. The summed E-state index contributed by atoms with van der Waals surface area (Å²) in [6.07, 6.45) is 12.8. The summed E-state index contributed by atoms with van der Waals surface area (Å²) in [5, 5.41) is 20.8. The molecule has 1 unspecified atom stereocenters. The Labute approximate surface area is 244 Å². The number of carbonyl (C=O) groups is 2. The highest BCUT2D eigenvalue weighted by atomic mass is 19.1. The quantitative estimate of drug-likeness (QED) is 0.269. The number of aromatic nitrogens is 4. The first-order chi connectivity index (χ1) is 20.4. The van der Waals surface area contributed by atoms with E-state index in [2.05, 4.69) is 37.0 Å². The molecule has 7 rings (SSSR count). The largest absolute Gasteiger partial charge is 0.339 e. The molecule has 4 aliphatic carbocycles. The summed E-state index contributed by atoms with van der Waals surface area (Å²) >= 11 is 0. The van der Waals surface area contributed by atoms with Gasteiger partial charge >= 0.3 is 0 Å². The van der Waals surface area contributed by atoms with E-state index in [-0.39, 0.29) is 29.6 Å². The van der Waals surface area contributed by atoms with Crippen molar-refractivity contribution < 1.29 is 14.0 Å². The van der Waals surface area contributed by atoms with Crippen LogP contribution in [0.25, 0.3) is 0 Å². The number of nitrogens with zero attached hydrogens (tertiary/aromatic N) is 6. The second-order valence-electron chi connectivity index (χ2n) is 13.2. The van der Waals surface area contributed by atoms with Gasteiger partial charge < -0.3 is 10.6 Å². The Morgan fingerprint density at radius 3 is 2.43 bits per heavy atom. The van der Waals surface area contributed by atoms with Gasteiger partial charge in [0.1, 0.15) is 23.5 Å². The molecule has 3 heterocycles. The molecule has 4 fully saturated rings. The molecule has 0 saturated heterocycles. The third-order valence-electron chi connectivity index (χ3n) is 9.26. The number of amidine groups is 1. The van der Waals surface area contributed by atoms with Crippen LogP contribution in [-0.2, 0) is 4.79 Å². The molecule has 0 spiro atoms. The lowest BCUT2D eigenvalue weighted by atomic mass is 9.88. The van der Waals surface area contributed by atoms with E-state index in [9.17, 15) is 9.59 Å². The summed E-state index contributed by atoms with van der Waals surface area (Å²) in [6, 6.07) is 0.615. The van der Waals surface area contributed by atoms with Crippen LogP contribution in [0, 0.1) is 35.5 Å². The van der Waals surface area contributed by atoms with E-state index in [1.54, 1.807) is 27.8 Å². The lowest BCUT2D eigenvalue weighted by molar-refractivity contribution is -0.119. The monoisotopic (exact) mass is 580 g/mol. The third kappa shape index (κ3) is 5.88. The molecule has 2 aromatic rings. The average Bonchev–Trinajstić information content (AvgIpc) is 3.76. The lowest BCUT2D eigenvalue weighted by Crippen LogP contribution is -2.50. The molecule has 13 heteroatoms. The minimum absolute atomic E-state index is 0.00530. The number of carbonyl (C=O) groups excluding carboxylic acids is 2. The van der Waals surface area contributed by atoms with Gasteiger partial charge in [0.05, 0.1) is 6.20 Å². The van der Waals surface area contributed by atoms with E-state index in [0.29, 0.717) is 29.4 Å². The Morgan fingerprint density at radius 1 is 1.07 bits per heavy atom. The summed E-state index contributed by atoms with van der Waals surface area (Å²) in [5.41, 5.74) is 6.40. The van der Waals surface area contributed by atoms with Crippen LogP contribution in [0.15, 0.2) is 23.6 Å². The summed E-state index contributed by atoms with van der Waals surface area (Å²) in [6.45, 7) is 4.74. The Balaban J connectivity index is 1.12. The van der Waals surface area contributed by atoms with Gasteiger partial charge in [-0.1, -0.05) is 12.8 Å². The topological polar surface area (TPSA) is 134 Å². The van der Waals surface area contributed by atoms with Crippen molar-refractivity contribution in [2.24, 2.45) is 34.7 Å². The number of amides is 2. The Kier molecular flexibility index (Phi) is 7.15. The molecule has 5 aliphatic rings. The molecule has 0 radical (unpaired) electrons. The second kappa shape index (κ2) is 11.0. The van der Waals surface area contributed by atoms with Crippen LogP contribution in [0.5, 0.6) is 0 Å². The SMILES string of the molecule is CC(C)n1nccc1C(=O)N[C@H](C(=O)Nc1cn(C(CC2CC2)C2=NNNN2CC2CC2)nc1F)C(C1CC1)C1CC1. The molecule has 42 heavy (non-hydrogen) atoms. The highest BCUT2D eigenvalue weighted by molar-refractivity contribution is 6.00. The molecule has 0 aromatic carbocycles. The molecule has 12 nitrogen and oxygen atoms in total. The van der Waals surface area contributed by atoms with Crippen LogP contribution in [0.1, 0.15) is 94.2 Å². The number of hydrazone groups is 1. The molecule has 226 valence electrons. The highest BCUT2D eigenvalue weighted by Gasteiger charge is 2.48. The number of hydrogen-bond acceptors (Lipinski definition) is 8. The van der Waals surface area contributed by atoms with Crippen molar-refractivity contribution in [2.75, 3.05) is 11.9 Å². The molecular weight excluding hydrogens is 539 g/mol. The van der Waals surface area contributed by atoms with E-state index in [1.165, 1.54) is 12.8 Å². The number of halogens is 1. The maximum absolute atomic E-state index is 15.4. The summed E-state index contributed by atoms with van der Waals surface area (Å²) in [5.74, 6) is 1.26. The molecule has 2 atom stereocenters. The van der Waals surface area contributed by atoms with Gasteiger partial charge in [-0.15, -0.1) is 15.7 Å². The van der Waals surface area contributed by atoms with Gasteiger partial charge in [-0.25, -0.2) is 5.53 Å². The van der Waals surface area contributed by atoms with Crippen molar-refractivity contribution in [2.45, 2.75) is 89.8 Å². The molecular formula is C29H41FN10O2. The van der Waals surface area contributed by atoms with E-state index in [0.717, 1.165) is 57.3 Å². The highest BCUT2D eigenvalue weighted by Crippen LogP contribution is 2.51. The molecule has 4 N–H and O–H groups in total. The Morgan fingerprint density at radius 2 is 1.79 bits per heavy atom. The number of hydrogen-bond donors (Lipinski definition) is 4. The van der Waals surface area contributed by atoms with Gasteiger partial charge in [-0.3, -0.25) is 24.0 Å². The molecule has 2 aromatic heterocycles. The van der Waals surface area contributed by atoms with Crippen LogP contribution in [-0.4, -0.2) is 54.8 Å². The lowest BCUT2D eigenvalue weighted by Gasteiger charge is -2.27. The smallest absolute Gasteiger partial charge is 0.270 e. The zero-order valence-corrected chi connectivity index (χ0v) is 24.3. The first kappa shape index (κ1) is 27.4. The van der Waals surface area contributed by atoms with Crippen LogP contribution < -0.4 is 21.7 Å². The normalized spacial score (nSPS) is 21.8. The Bertz CT molecular complexity index is 1340. The van der Waals surface area contributed by atoms with Gasteiger partial charge in [0.15, 0.2) is 5.84 Å². The van der Waals surface area contributed by atoms with E-state index in [1.807, 2.05) is 18.9 Å². The number of anilines is 1. The van der Waals surface area contributed by atoms with Crippen molar-refractivity contribution in [1.82, 2.24) is 41.0 Å². The average molecular weight is 581 g/mol. The fourth-order valence-electron chi connectivity index (χ4n) is 6.39. The zero-order valence-electron chi connectivity index (χ0n) is 24.3. The van der Waals surface area contributed by atoms with Crippen LogP contribution in [0.3, 0.4) is 0 Å². The fourth-order valence-corrected chi connectivity index (χ4v) is 6.39. The van der Waals surface area contributed by atoms with Crippen molar-refractivity contribution in [3.8, 4) is 0 Å². The van der Waals surface area contributed by atoms with Gasteiger partial charge in [0.25, 0.3) is 11.9 Å². The fraction of sp³-hybridized carbons (Fsp3) is 0.690. The van der Waals surface area contributed by atoms with E-state index >= 15 is 4.39 Å². The van der Waals surface area contributed by atoms with Crippen LogP contribution >= 0.6 is 0 Å². The summed E-state index contributed by atoms with van der Waals surface area (Å²) < 4.78 is 18.6. The third-order valence-corrected chi connectivity index (χ3v) is 9.26. The van der Waals surface area contributed by atoms with Gasteiger partial charge in [0, 0.05) is 18.8 Å². The number of nitrogens with one attached hydrogen (secondary N) is 4. The second-order valence-corrected chi connectivity index (χ2v) is 13.2. The van der Waals surface area contributed by atoms with Crippen molar-refractivity contribution in [3.63, 3.8) is 0 Å². The van der Waals surface area contributed by atoms with E-state index < -0.39 is 17.9 Å². The molecule has 0 bridgehead atoms. The minimum atomic E-state index is -0.778. The molecule has 1 aliphatic heterocycles. The maximum Gasteiger partial charge on any atom is 0.270 e. The Hall–Kier alpha value is -3.48. The summed E-state index contributed by atoms with van der Waals surface area (Å²) in [4.78, 5) is 27.3. The van der Waals surface area contributed by atoms with Crippen LogP contribution in [0.4, 0.5) is 10.1 Å². The van der Waals surface area contributed by atoms with E-state index in [4.69, 9.17) is 0 Å². The van der Waals surface area contributed by atoms with Crippen molar-refractivity contribution >= 4 is 23.3 Å². The maximum atomic E-state index is 15.4. The van der Waals surface area contributed by atoms with Crippen molar-refractivity contribution in [1.29, 1.82) is 0 Å². The first-order valence-corrected chi connectivity index (χ1v) is 15.6. The standard InChI is InChI=1S/C29H41FN10O2/c1-16(2)40-22(11-12-31-40)28(41)33-25(24(19-7-8-19)20-9-10-20)29(42)32-21-15-38(35-26(21)30)23(13-17-3-4-17)27-34-36-37-39(27)14-18-5-6-18/h11-12,15-20,23-25,36-37H,3-10,13-14H2,1-2H3,(H,32,42)(H,33,41)/t23?,25-/m0/s1. The zero-order chi connectivity index (χ0) is 29.0. The number of hydrazine groups is 2. The minimum Gasteiger partial charge on any atom is -0.339 e. The predicted octanol–water partition coefficient (Wildman–Crippen LogP) is 3.36. The van der Waals surface area contributed by atoms with Gasteiger partial charge in [-0.2, -0.15) is 9.49 Å². The first-order valence-electron chi connectivity index (χ1n) is 15.6. The van der Waals surface area contributed by atoms with Crippen LogP contribution in [0.2, 0.25) is 0 Å². The van der Waals surface area contributed by atoms with Crippen molar-refractivity contribution in [3.05, 3.63) is 30.1 Å². The van der Waals surface area contributed by atoms with Gasteiger partial charge in [0.2, 0.25) is 5.91 Å².